The lowest BCUT2D eigenvalue weighted by Crippen LogP contribution is -2.21. The predicted molar refractivity (Wildman–Crippen MR) is 56.3 cm³/mol. The van der Waals surface area contributed by atoms with E-state index < -0.39 is 0 Å². The zero-order valence-electron chi connectivity index (χ0n) is 7.37. The molecule has 0 fully saturated rings. The maximum Gasteiger partial charge on any atom is 0.0726 e. The maximum atomic E-state index is 4.96. The lowest BCUT2D eigenvalue weighted by atomic mass is 10.1. The van der Waals surface area contributed by atoms with Gasteiger partial charge >= 0.3 is 0 Å². The standard InChI is InChI=1S/C10H13NS/c1-8(11-9(2)12)10-6-4-3-5-7-10/h3-8H,1-2H3,(H,11,12). The van der Waals surface area contributed by atoms with Crippen LogP contribution in [0.3, 0.4) is 0 Å². The smallest absolute Gasteiger partial charge is 0.0726 e. The Balaban J connectivity index is 2.65. The number of hydrogen-bond acceptors (Lipinski definition) is 1. The lowest BCUT2D eigenvalue weighted by Gasteiger charge is -2.13. The molecule has 1 atom stereocenters. The molecule has 1 aromatic rings. The van der Waals surface area contributed by atoms with Gasteiger partial charge in [-0.1, -0.05) is 42.5 Å². The summed E-state index contributed by atoms with van der Waals surface area (Å²) in [6, 6.07) is 10.6. The summed E-state index contributed by atoms with van der Waals surface area (Å²) in [6.45, 7) is 4.00. The molecule has 64 valence electrons. The highest BCUT2D eigenvalue weighted by Gasteiger charge is 2.02. The molecule has 1 nitrogen and oxygen atoms in total. The van der Waals surface area contributed by atoms with E-state index in [0.29, 0.717) is 6.04 Å². The van der Waals surface area contributed by atoms with Gasteiger partial charge in [0.1, 0.15) is 0 Å². The Hall–Kier alpha value is -0.890. The largest absolute Gasteiger partial charge is 0.373 e. The maximum absolute atomic E-state index is 4.96. The molecule has 0 heterocycles. The van der Waals surface area contributed by atoms with Crippen LogP contribution in [-0.4, -0.2) is 4.99 Å². The molecule has 0 aliphatic heterocycles. The lowest BCUT2D eigenvalue weighted by molar-refractivity contribution is 0.722. The van der Waals surface area contributed by atoms with Gasteiger partial charge < -0.3 is 5.32 Å². The van der Waals surface area contributed by atoms with Crippen molar-refractivity contribution >= 4 is 17.2 Å². The van der Waals surface area contributed by atoms with Crippen molar-refractivity contribution in [3.05, 3.63) is 35.9 Å². The molecule has 1 rings (SSSR count). The van der Waals surface area contributed by atoms with Gasteiger partial charge in [0, 0.05) is 6.04 Å². The van der Waals surface area contributed by atoms with Crippen molar-refractivity contribution < 1.29 is 0 Å². The fourth-order valence-corrected chi connectivity index (χ4v) is 1.31. The third kappa shape index (κ3) is 2.62. The summed E-state index contributed by atoms with van der Waals surface area (Å²) < 4.78 is 0. The Morgan fingerprint density at radius 1 is 1.33 bits per heavy atom. The predicted octanol–water partition coefficient (Wildman–Crippen LogP) is 2.68. The molecule has 2 heteroatoms. The second-order valence-corrected chi connectivity index (χ2v) is 3.45. The quantitative estimate of drug-likeness (QED) is 0.700. The van der Waals surface area contributed by atoms with Crippen molar-refractivity contribution in [3.8, 4) is 0 Å². The van der Waals surface area contributed by atoms with Crippen LogP contribution in [0.1, 0.15) is 25.5 Å². The van der Waals surface area contributed by atoms with Crippen LogP contribution in [0.15, 0.2) is 30.3 Å². The van der Waals surface area contributed by atoms with Crippen LogP contribution in [0, 0.1) is 0 Å². The summed E-state index contributed by atoms with van der Waals surface area (Å²) in [7, 11) is 0. The van der Waals surface area contributed by atoms with Gasteiger partial charge in [-0.05, 0) is 19.4 Å². The minimum absolute atomic E-state index is 0.309. The van der Waals surface area contributed by atoms with Crippen LogP contribution < -0.4 is 5.32 Å². The summed E-state index contributed by atoms with van der Waals surface area (Å²) in [5.41, 5.74) is 1.27. The highest BCUT2D eigenvalue weighted by atomic mass is 32.1. The third-order valence-corrected chi connectivity index (χ3v) is 1.84. The first-order chi connectivity index (χ1) is 5.70. The molecule has 0 saturated carbocycles. The summed E-state index contributed by atoms with van der Waals surface area (Å²) in [4.78, 5) is 0.839. The molecule has 0 aliphatic rings. The SMILES string of the molecule is CC(=S)NC(C)c1ccccc1. The molecule has 0 spiro atoms. The molecule has 0 radical (unpaired) electrons. The van der Waals surface area contributed by atoms with Crippen LogP contribution in [0.4, 0.5) is 0 Å². The van der Waals surface area contributed by atoms with Crippen LogP contribution in [0.2, 0.25) is 0 Å². The van der Waals surface area contributed by atoms with Crippen molar-refractivity contribution in [2.24, 2.45) is 0 Å². The zero-order valence-corrected chi connectivity index (χ0v) is 8.19. The first-order valence-electron chi connectivity index (χ1n) is 4.02. The molecule has 0 aliphatic carbocycles. The van der Waals surface area contributed by atoms with Gasteiger partial charge in [-0.2, -0.15) is 0 Å². The Labute approximate surface area is 78.8 Å². The van der Waals surface area contributed by atoms with Crippen molar-refractivity contribution in [2.75, 3.05) is 0 Å². The fourth-order valence-electron chi connectivity index (χ4n) is 1.13. The van der Waals surface area contributed by atoms with Crippen LogP contribution in [-0.2, 0) is 0 Å². The number of rotatable bonds is 2. The van der Waals surface area contributed by atoms with Gasteiger partial charge in [-0.15, -0.1) is 0 Å². The molecule has 1 aromatic carbocycles. The average molecular weight is 179 g/mol. The number of hydrogen-bond donors (Lipinski definition) is 1. The van der Waals surface area contributed by atoms with E-state index in [2.05, 4.69) is 24.4 Å². The van der Waals surface area contributed by atoms with Gasteiger partial charge in [-0.3, -0.25) is 0 Å². The minimum atomic E-state index is 0.309. The Kier molecular flexibility index (Phi) is 3.23. The van der Waals surface area contributed by atoms with Gasteiger partial charge in [0.2, 0.25) is 0 Å². The molecule has 1 unspecified atom stereocenters. The number of benzene rings is 1. The first-order valence-corrected chi connectivity index (χ1v) is 4.43. The van der Waals surface area contributed by atoms with Crippen molar-refractivity contribution in [2.45, 2.75) is 19.9 Å². The molecule has 0 amide bonds. The van der Waals surface area contributed by atoms with Crippen molar-refractivity contribution in [3.63, 3.8) is 0 Å². The summed E-state index contributed by atoms with van der Waals surface area (Å²) in [6.07, 6.45) is 0. The van der Waals surface area contributed by atoms with Gasteiger partial charge in [-0.25, -0.2) is 0 Å². The number of nitrogens with one attached hydrogen (secondary N) is 1. The minimum Gasteiger partial charge on any atom is -0.373 e. The second kappa shape index (κ2) is 4.21. The van der Waals surface area contributed by atoms with Crippen molar-refractivity contribution in [1.29, 1.82) is 0 Å². The summed E-state index contributed by atoms with van der Waals surface area (Å²) in [5, 5.41) is 3.19. The van der Waals surface area contributed by atoms with E-state index in [0.717, 1.165) is 4.99 Å². The third-order valence-electron chi connectivity index (χ3n) is 1.72. The van der Waals surface area contributed by atoms with E-state index in [4.69, 9.17) is 12.2 Å². The molecular weight excluding hydrogens is 166 g/mol. The second-order valence-electron chi connectivity index (χ2n) is 2.83. The topological polar surface area (TPSA) is 12.0 Å². The zero-order chi connectivity index (χ0) is 8.97. The van der Waals surface area contributed by atoms with E-state index in [-0.39, 0.29) is 0 Å². The Morgan fingerprint density at radius 3 is 2.42 bits per heavy atom. The molecule has 0 saturated heterocycles. The summed E-state index contributed by atoms with van der Waals surface area (Å²) >= 11 is 4.96. The van der Waals surface area contributed by atoms with Crippen LogP contribution in [0.5, 0.6) is 0 Å². The van der Waals surface area contributed by atoms with E-state index in [1.165, 1.54) is 5.56 Å². The Morgan fingerprint density at radius 2 is 1.92 bits per heavy atom. The molecule has 0 aromatic heterocycles. The highest BCUT2D eigenvalue weighted by molar-refractivity contribution is 7.80. The van der Waals surface area contributed by atoms with E-state index in [1.54, 1.807) is 0 Å². The molecular formula is C10H13NS. The average Bonchev–Trinajstić information content (AvgIpc) is 2.05. The van der Waals surface area contributed by atoms with E-state index in [1.807, 2.05) is 25.1 Å². The van der Waals surface area contributed by atoms with E-state index >= 15 is 0 Å². The van der Waals surface area contributed by atoms with E-state index in [9.17, 15) is 0 Å². The van der Waals surface area contributed by atoms with Gasteiger partial charge in [0.05, 0.1) is 4.99 Å². The van der Waals surface area contributed by atoms with Crippen LogP contribution in [0.25, 0.3) is 0 Å². The monoisotopic (exact) mass is 179 g/mol. The Bertz CT molecular complexity index is 256. The molecule has 0 bridgehead atoms. The van der Waals surface area contributed by atoms with Crippen molar-refractivity contribution in [1.82, 2.24) is 5.32 Å². The van der Waals surface area contributed by atoms with Gasteiger partial charge in [0.25, 0.3) is 0 Å². The molecule has 12 heavy (non-hydrogen) atoms. The first kappa shape index (κ1) is 9.20. The fraction of sp³-hybridized carbons (Fsp3) is 0.300. The normalized spacial score (nSPS) is 12.2. The van der Waals surface area contributed by atoms with Gasteiger partial charge in [0.15, 0.2) is 0 Å². The molecule has 1 N–H and O–H groups in total. The summed E-state index contributed by atoms with van der Waals surface area (Å²) in [5.74, 6) is 0. The van der Waals surface area contributed by atoms with Crippen LogP contribution >= 0.6 is 12.2 Å². The highest BCUT2D eigenvalue weighted by Crippen LogP contribution is 2.10. The number of thiocarbonyl (C=S) groups is 1.